The molecule has 2 N–H and O–H groups in total. The summed E-state index contributed by atoms with van der Waals surface area (Å²) in [6, 6.07) is 8.03. The number of nitrogens with zero attached hydrogens (tertiary/aromatic N) is 2. The fourth-order valence-electron chi connectivity index (χ4n) is 3.77. The minimum atomic E-state index is -3.91. The lowest BCUT2D eigenvalue weighted by molar-refractivity contribution is -0.127. The molecule has 0 aromatic heterocycles. The lowest BCUT2D eigenvalue weighted by Crippen LogP contribution is -2.46. The van der Waals surface area contributed by atoms with Crippen LogP contribution in [0, 0.1) is 0 Å². The van der Waals surface area contributed by atoms with Gasteiger partial charge in [-0.3, -0.25) is 9.52 Å². The maximum atomic E-state index is 12.8. The molecule has 38 heavy (non-hydrogen) atoms. The molecule has 1 saturated heterocycles. The molecule has 206 valence electrons. The predicted octanol–water partition coefficient (Wildman–Crippen LogP) is 2.83. The molecular weight excluding hydrogens is 512 g/mol. The Morgan fingerprint density at radius 1 is 0.895 bits per heavy atom. The van der Waals surface area contributed by atoms with Crippen LogP contribution >= 0.6 is 0 Å². The largest absolute Gasteiger partial charge is 0.496 e. The fraction of sp³-hybridized carbons (Fsp3) is 0.346. The molecule has 1 fully saturated rings. The second-order valence-corrected chi connectivity index (χ2v) is 9.98. The highest BCUT2D eigenvalue weighted by Gasteiger charge is 2.17. The van der Waals surface area contributed by atoms with Crippen molar-refractivity contribution in [3.05, 3.63) is 53.6 Å². The second kappa shape index (κ2) is 13.1. The Labute approximate surface area is 223 Å². The van der Waals surface area contributed by atoms with Crippen molar-refractivity contribution in [3.8, 4) is 23.0 Å². The smallest absolute Gasteiger partial charge is 0.255 e. The van der Waals surface area contributed by atoms with E-state index in [9.17, 15) is 13.2 Å². The Balaban J connectivity index is 1.74. The zero-order valence-corrected chi connectivity index (χ0v) is 23.0. The molecule has 0 atom stereocenters. The first-order chi connectivity index (χ1) is 18.2. The van der Waals surface area contributed by atoms with Gasteiger partial charge in [-0.15, -0.1) is 0 Å². The van der Waals surface area contributed by atoms with Crippen LogP contribution in [0.4, 0.5) is 11.4 Å². The molecule has 1 amide bonds. The van der Waals surface area contributed by atoms with Crippen LogP contribution in [0.25, 0.3) is 6.08 Å². The number of nitrogens with one attached hydrogen (secondary N) is 2. The molecule has 11 nitrogen and oxygen atoms in total. The maximum absolute atomic E-state index is 12.8. The van der Waals surface area contributed by atoms with Crippen LogP contribution in [0.15, 0.2) is 48.0 Å². The first-order valence-electron chi connectivity index (χ1n) is 11.8. The number of rotatable bonds is 11. The summed E-state index contributed by atoms with van der Waals surface area (Å²) in [7, 11) is 4.06. The molecule has 0 saturated carbocycles. The number of piperazine rings is 1. The van der Waals surface area contributed by atoms with Crippen molar-refractivity contribution >= 4 is 33.4 Å². The third-order valence-electron chi connectivity index (χ3n) is 5.91. The average Bonchev–Trinajstić information content (AvgIpc) is 2.91. The molecule has 12 heteroatoms. The van der Waals surface area contributed by atoms with E-state index >= 15 is 0 Å². The lowest BCUT2D eigenvalue weighted by Gasteiger charge is -2.31. The minimum absolute atomic E-state index is 0.101. The summed E-state index contributed by atoms with van der Waals surface area (Å²) >= 11 is 0. The summed E-state index contributed by atoms with van der Waals surface area (Å²) in [6.45, 7) is 3.00. The number of sulfonamides is 1. The van der Waals surface area contributed by atoms with E-state index < -0.39 is 10.0 Å². The van der Waals surface area contributed by atoms with Crippen LogP contribution in [0.5, 0.6) is 23.0 Å². The SMILES string of the molecule is COc1cc(OC)c(/C=C/S(=O)(=O)Nc2ccc(OC)c(N/C=C\C(=O)N3CCN(C)CC3)c2)c(OC)c1. The zero-order chi connectivity index (χ0) is 27.7. The lowest BCUT2D eigenvalue weighted by atomic mass is 10.1. The molecule has 2 aromatic carbocycles. The van der Waals surface area contributed by atoms with E-state index in [0.29, 0.717) is 53.0 Å². The summed E-state index contributed by atoms with van der Waals surface area (Å²) in [4.78, 5) is 16.4. The summed E-state index contributed by atoms with van der Waals surface area (Å²) in [5, 5.41) is 4.03. The van der Waals surface area contributed by atoms with Crippen LogP contribution in [-0.2, 0) is 14.8 Å². The topological polar surface area (TPSA) is 119 Å². The van der Waals surface area contributed by atoms with E-state index in [1.165, 1.54) is 46.8 Å². The van der Waals surface area contributed by atoms with Crippen molar-refractivity contribution in [2.24, 2.45) is 0 Å². The van der Waals surface area contributed by atoms with Crippen molar-refractivity contribution in [2.75, 3.05) is 71.7 Å². The molecule has 0 radical (unpaired) electrons. The monoisotopic (exact) mass is 546 g/mol. The van der Waals surface area contributed by atoms with E-state index in [0.717, 1.165) is 18.5 Å². The van der Waals surface area contributed by atoms with E-state index in [1.807, 2.05) is 7.05 Å². The Morgan fingerprint density at radius 3 is 2.11 bits per heavy atom. The van der Waals surface area contributed by atoms with Crippen LogP contribution in [0.1, 0.15) is 5.56 Å². The molecule has 0 bridgehead atoms. The van der Waals surface area contributed by atoms with Gasteiger partial charge in [-0.05, 0) is 31.3 Å². The number of carbonyl (C=O) groups is 1. The number of methoxy groups -OCH3 is 4. The number of hydrogen-bond acceptors (Lipinski definition) is 9. The van der Waals surface area contributed by atoms with E-state index in [1.54, 1.807) is 35.2 Å². The predicted molar refractivity (Wildman–Crippen MR) is 148 cm³/mol. The normalized spacial score (nSPS) is 14.5. The van der Waals surface area contributed by atoms with Gasteiger partial charge in [-0.25, -0.2) is 8.42 Å². The standard InChI is InChI=1S/C26H34N4O7S/c1-29-11-13-30(14-12-29)26(31)8-10-27-22-16-19(6-7-23(22)35-3)28-38(32,33)15-9-21-24(36-4)17-20(34-2)18-25(21)37-5/h6-10,15-18,27-28H,11-14H2,1-5H3/b10-8-,15-9+. The van der Waals surface area contributed by atoms with Gasteiger partial charge >= 0.3 is 0 Å². The van der Waals surface area contributed by atoms with Gasteiger partial charge in [0.1, 0.15) is 23.0 Å². The summed E-state index contributed by atoms with van der Waals surface area (Å²) in [5.74, 6) is 1.67. The molecule has 0 unspecified atom stereocenters. The average molecular weight is 547 g/mol. The van der Waals surface area contributed by atoms with Crippen molar-refractivity contribution in [3.63, 3.8) is 0 Å². The highest BCUT2D eigenvalue weighted by atomic mass is 32.2. The van der Waals surface area contributed by atoms with Crippen LogP contribution < -0.4 is 29.0 Å². The Kier molecular flexibility index (Phi) is 9.85. The van der Waals surface area contributed by atoms with Gasteiger partial charge < -0.3 is 34.1 Å². The third-order valence-corrected chi connectivity index (χ3v) is 6.92. The van der Waals surface area contributed by atoms with Crippen LogP contribution in [0.2, 0.25) is 0 Å². The zero-order valence-electron chi connectivity index (χ0n) is 22.2. The van der Waals surface area contributed by atoms with Gasteiger partial charge in [0.05, 0.1) is 50.8 Å². The van der Waals surface area contributed by atoms with Crippen LogP contribution in [-0.4, -0.2) is 85.8 Å². The number of ether oxygens (including phenoxy) is 4. The quantitative estimate of drug-likeness (QED) is 0.410. The van der Waals surface area contributed by atoms with Crippen molar-refractivity contribution < 1.29 is 32.2 Å². The minimum Gasteiger partial charge on any atom is -0.496 e. The Bertz CT molecular complexity index is 1260. The van der Waals surface area contributed by atoms with E-state index in [2.05, 4.69) is 14.9 Å². The number of hydrogen-bond donors (Lipinski definition) is 2. The van der Waals surface area contributed by atoms with Gasteiger partial charge in [0.25, 0.3) is 10.0 Å². The van der Waals surface area contributed by atoms with Crippen molar-refractivity contribution in [1.29, 1.82) is 0 Å². The molecule has 1 aliphatic heterocycles. The molecule has 3 rings (SSSR count). The van der Waals surface area contributed by atoms with Crippen LogP contribution in [0.3, 0.4) is 0 Å². The highest BCUT2D eigenvalue weighted by Crippen LogP contribution is 2.35. The first kappa shape index (κ1) is 28.7. The molecule has 1 aliphatic rings. The number of anilines is 2. The van der Waals surface area contributed by atoms with Gasteiger partial charge in [-0.2, -0.15) is 0 Å². The van der Waals surface area contributed by atoms with Crippen molar-refractivity contribution in [2.45, 2.75) is 0 Å². The van der Waals surface area contributed by atoms with E-state index in [4.69, 9.17) is 18.9 Å². The fourth-order valence-corrected chi connectivity index (χ4v) is 4.61. The first-order valence-corrected chi connectivity index (χ1v) is 13.3. The third kappa shape index (κ3) is 7.56. The summed E-state index contributed by atoms with van der Waals surface area (Å²) in [6.07, 6.45) is 4.34. The summed E-state index contributed by atoms with van der Waals surface area (Å²) in [5.41, 5.74) is 1.22. The molecule has 1 heterocycles. The number of carbonyl (C=O) groups excluding carboxylic acids is 1. The van der Waals surface area contributed by atoms with E-state index in [-0.39, 0.29) is 5.91 Å². The molecule has 0 aliphatic carbocycles. The number of likely N-dealkylation sites (N-methyl/N-ethyl adjacent to an activating group) is 1. The van der Waals surface area contributed by atoms with Gasteiger partial charge in [0, 0.05) is 50.6 Å². The summed E-state index contributed by atoms with van der Waals surface area (Å²) < 4.78 is 49.5. The Morgan fingerprint density at radius 2 is 1.53 bits per heavy atom. The Hall–Kier alpha value is -3.90. The van der Waals surface area contributed by atoms with Gasteiger partial charge in [-0.1, -0.05) is 0 Å². The van der Waals surface area contributed by atoms with Crippen molar-refractivity contribution in [1.82, 2.24) is 9.80 Å². The molecular formula is C26H34N4O7S. The van der Waals surface area contributed by atoms with Gasteiger partial charge in [0.2, 0.25) is 5.91 Å². The maximum Gasteiger partial charge on any atom is 0.255 e. The highest BCUT2D eigenvalue weighted by molar-refractivity contribution is 7.95. The molecule has 2 aromatic rings. The second-order valence-electron chi connectivity index (χ2n) is 8.42. The number of benzene rings is 2. The molecule has 0 spiro atoms. The van der Waals surface area contributed by atoms with Gasteiger partial charge in [0.15, 0.2) is 0 Å². The number of amides is 1.